The Labute approximate surface area is 179 Å². The summed E-state index contributed by atoms with van der Waals surface area (Å²) in [6.07, 6.45) is 0.00543. The Morgan fingerprint density at radius 1 is 1.20 bits per heavy atom. The molecule has 0 aliphatic carbocycles. The van der Waals surface area contributed by atoms with Crippen LogP contribution in [0, 0.1) is 11.6 Å². The van der Waals surface area contributed by atoms with Gasteiger partial charge in [0.2, 0.25) is 16.9 Å². The molecule has 1 atom stereocenters. The van der Waals surface area contributed by atoms with Crippen LogP contribution in [0.1, 0.15) is 22.9 Å². The quantitative estimate of drug-likeness (QED) is 0.635. The highest BCUT2D eigenvalue weighted by atomic mass is 35.5. The summed E-state index contributed by atoms with van der Waals surface area (Å²) in [5.41, 5.74) is 0.724. The Morgan fingerprint density at radius 2 is 1.97 bits per heavy atom. The molecule has 0 saturated carbocycles. The zero-order chi connectivity index (χ0) is 21.3. The number of nitrogens with zero attached hydrogens (tertiary/aromatic N) is 3. The minimum absolute atomic E-state index is 0.0958. The van der Waals surface area contributed by atoms with Gasteiger partial charge in [-0.15, -0.1) is 10.2 Å². The number of carbonyl (C=O) groups excluding carboxylic acids is 2. The maximum atomic E-state index is 13.8. The Morgan fingerprint density at radius 3 is 2.70 bits per heavy atom. The lowest BCUT2D eigenvalue weighted by Gasteiger charge is -2.16. The molecule has 0 radical (unpaired) electrons. The molecule has 1 aliphatic heterocycles. The number of nitrogens with one attached hydrogen (secondary N) is 1. The SMILES string of the molecule is O=C(Cc1c(F)cccc1Cl)Nc1nnc(C2CC(=O)N(c3ccc(F)cc3)C2)s1. The first-order valence-corrected chi connectivity index (χ1v) is 10.2. The maximum Gasteiger partial charge on any atom is 0.230 e. The summed E-state index contributed by atoms with van der Waals surface area (Å²) in [4.78, 5) is 26.2. The standard InChI is InChI=1S/C20H15ClF2N4O2S/c21-15-2-1-3-16(23)14(15)9-17(28)24-20-26-25-19(30-20)11-8-18(29)27(10-11)13-6-4-12(22)5-7-13/h1-7,11H,8-10H2,(H,24,26,28). The van der Waals surface area contributed by atoms with Crippen LogP contribution >= 0.6 is 22.9 Å². The fourth-order valence-corrected chi connectivity index (χ4v) is 4.30. The number of rotatable bonds is 5. The third-order valence-electron chi connectivity index (χ3n) is 4.70. The van der Waals surface area contributed by atoms with Crippen LogP contribution in [0.4, 0.5) is 19.6 Å². The van der Waals surface area contributed by atoms with E-state index >= 15 is 0 Å². The maximum absolute atomic E-state index is 13.8. The smallest absolute Gasteiger partial charge is 0.230 e. The number of amides is 2. The van der Waals surface area contributed by atoms with E-state index in [0.717, 1.165) is 11.3 Å². The van der Waals surface area contributed by atoms with Gasteiger partial charge in [0.05, 0.1) is 6.42 Å². The van der Waals surface area contributed by atoms with E-state index in [2.05, 4.69) is 15.5 Å². The van der Waals surface area contributed by atoms with Crippen LogP contribution in [0.15, 0.2) is 42.5 Å². The van der Waals surface area contributed by atoms with Gasteiger partial charge in [0, 0.05) is 35.2 Å². The van der Waals surface area contributed by atoms with Crippen molar-refractivity contribution in [3.8, 4) is 0 Å². The van der Waals surface area contributed by atoms with Gasteiger partial charge in [-0.2, -0.15) is 0 Å². The van der Waals surface area contributed by atoms with Gasteiger partial charge in [-0.05, 0) is 36.4 Å². The fourth-order valence-electron chi connectivity index (χ4n) is 3.22. The van der Waals surface area contributed by atoms with Crippen molar-refractivity contribution >= 4 is 45.6 Å². The number of halogens is 3. The molecule has 0 spiro atoms. The lowest BCUT2D eigenvalue weighted by molar-refractivity contribution is -0.117. The molecule has 10 heteroatoms. The first kappa shape index (κ1) is 20.4. The average Bonchev–Trinajstić information content (AvgIpc) is 3.32. The highest BCUT2D eigenvalue weighted by Gasteiger charge is 2.34. The van der Waals surface area contributed by atoms with Crippen molar-refractivity contribution in [1.29, 1.82) is 0 Å². The van der Waals surface area contributed by atoms with Gasteiger partial charge >= 0.3 is 0 Å². The van der Waals surface area contributed by atoms with Gasteiger partial charge in [0.25, 0.3) is 0 Å². The van der Waals surface area contributed by atoms with Crippen LogP contribution in [-0.4, -0.2) is 28.6 Å². The van der Waals surface area contributed by atoms with Crippen molar-refractivity contribution in [1.82, 2.24) is 10.2 Å². The molecule has 1 unspecified atom stereocenters. The second-order valence-electron chi connectivity index (χ2n) is 6.75. The molecular formula is C20H15ClF2N4O2S. The monoisotopic (exact) mass is 448 g/mol. The molecular weight excluding hydrogens is 434 g/mol. The number of aromatic nitrogens is 2. The predicted molar refractivity (Wildman–Crippen MR) is 110 cm³/mol. The molecule has 2 aromatic carbocycles. The van der Waals surface area contributed by atoms with Crippen LogP contribution in [0.3, 0.4) is 0 Å². The van der Waals surface area contributed by atoms with Crippen molar-refractivity contribution in [2.24, 2.45) is 0 Å². The van der Waals surface area contributed by atoms with Crippen LogP contribution in [-0.2, 0) is 16.0 Å². The lowest BCUT2D eigenvalue weighted by Crippen LogP contribution is -2.24. The van der Waals surface area contributed by atoms with E-state index in [0.29, 0.717) is 17.2 Å². The highest BCUT2D eigenvalue weighted by molar-refractivity contribution is 7.15. The van der Waals surface area contributed by atoms with E-state index in [-0.39, 0.29) is 46.2 Å². The van der Waals surface area contributed by atoms with E-state index in [9.17, 15) is 18.4 Å². The first-order valence-electron chi connectivity index (χ1n) is 9.03. The van der Waals surface area contributed by atoms with Crippen LogP contribution in [0.2, 0.25) is 5.02 Å². The predicted octanol–water partition coefficient (Wildman–Crippen LogP) is 4.17. The fraction of sp³-hybridized carbons (Fsp3) is 0.200. The molecule has 154 valence electrons. The largest absolute Gasteiger partial charge is 0.312 e. The molecule has 1 N–H and O–H groups in total. The number of hydrogen-bond donors (Lipinski definition) is 1. The molecule has 1 aromatic heterocycles. The topological polar surface area (TPSA) is 75.2 Å². The first-order chi connectivity index (χ1) is 14.4. The molecule has 0 bridgehead atoms. The van der Waals surface area contributed by atoms with E-state index < -0.39 is 11.7 Å². The molecule has 1 aliphatic rings. The summed E-state index contributed by atoms with van der Waals surface area (Å²) in [6, 6.07) is 9.92. The Kier molecular flexibility index (Phi) is 5.74. The molecule has 1 saturated heterocycles. The summed E-state index contributed by atoms with van der Waals surface area (Å²) < 4.78 is 27.0. The summed E-state index contributed by atoms with van der Waals surface area (Å²) in [6.45, 7) is 0.387. The lowest BCUT2D eigenvalue weighted by atomic mass is 10.1. The molecule has 3 aromatic rings. The van der Waals surface area contributed by atoms with Crippen molar-refractivity contribution in [3.63, 3.8) is 0 Å². The number of carbonyl (C=O) groups is 2. The Bertz CT molecular complexity index is 1090. The zero-order valence-corrected chi connectivity index (χ0v) is 17.0. The van der Waals surface area contributed by atoms with Gasteiger partial charge in [-0.3, -0.25) is 9.59 Å². The summed E-state index contributed by atoms with van der Waals surface area (Å²) >= 11 is 7.11. The normalized spacial score (nSPS) is 16.2. The second kappa shape index (κ2) is 8.45. The summed E-state index contributed by atoms with van der Waals surface area (Å²) in [7, 11) is 0. The number of hydrogen-bond acceptors (Lipinski definition) is 5. The van der Waals surface area contributed by atoms with Gasteiger partial charge in [0.15, 0.2) is 0 Å². The van der Waals surface area contributed by atoms with Crippen LogP contribution in [0.5, 0.6) is 0 Å². The van der Waals surface area contributed by atoms with Gasteiger partial charge in [-0.25, -0.2) is 8.78 Å². The van der Waals surface area contributed by atoms with Crippen molar-refractivity contribution in [2.45, 2.75) is 18.8 Å². The Balaban J connectivity index is 1.41. The van der Waals surface area contributed by atoms with E-state index in [1.54, 1.807) is 17.0 Å². The van der Waals surface area contributed by atoms with E-state index in [1.165, 1.54) is 30.3 Å². The van der Waals surface area contributed by atoms with E-state index in [1.807, 2.05) is 0 Å². The zero-order valence-electron chi connectivity index (χ0n) is 15.4. The molecule has 6 nitrogen and oxygen atoms in total. The average molecular weight is 449 g/mol. The van der Waals surface area contributed by atoms with Crippen LogP contribution in [0.25, 0.3) is 0 Å². The second-order valence-corrected chi connectivity index (χ2v) is 8.17. The van der Waals surface area contributed by atoms with Crippen molar-refractivity contribution in [2.75, 3.05) is 16.8 Å². The minimum atomic E-state index is -0.555. The molecule has 1 fully saturated rings. The number of anilines is 2. The molecule has 2 amide bonds. The summed E-state index contributed by atoms with van der Waals surface area (Å²) in [5, 5.41) is 11.7. The molecule has 30 heavy (non-hydrogen) atoms. The van der Waals surface area contributed by atoms with Gasteiger partial charge in [0.1, 0.15) is 16.6 Å². The van der Waals surface area contributed by atoms with Crippen LogP contribution < -0.4 is 10.2 Å². The minimum Gasteiger partial charge on any atom is -0.312 e. The molecule has 4 rings (SSSR count). The Hall–Kier alpha value is -2.91. The van der Waals surface area contributed by atoms with Crippen molar-refractivity contribution in [3.05, 3.63) is 69.7 Å². The highest BCUT2D eigenvalue weighted by Crippen LogP contribution is 2.34. The summed E-state index contributed by atoms with van der Waals surface area (Å²) in [5.74, 6) is -1.68. The van der Waals surface area contributed by atoms with E-state index in [4.69, 9.17) is 11.6 Å². The third-order valence-corrected chi connectivity index (χ3v) is 6.05. The van der Waals surface area contributed by atoms with Gasteiger partial charge < -0.3 is 10.2 Å². The number of benzene rings is 2. The van der Waals surface area contributed by atoms with Crippen molar-refractivity contribution < 1.29 is 18.4 Å². The van der Waals surface area contributed by atoms with Gasteiger partial charge in [-0.1, -0.05) is 29.0 Å². The molecule has 2 heterocycles. The third kappa shape index (κ3) is 4.31.